The third-order valence-electron chi connectivity index (χ3n) is 8.38. The average Bonchev–Trinajstić information content (AvgIpc) is 3.48. The Morgan fingerprint density at radius 3 is 2.33 bits per heavy atom. The number of phenolic OH excluding ortho intramolecular Hbond substituents is 2. The quantitative estimate of drug-likeness (QED) is 0.254. The summed E-state index contributed by atoms with van der Waals surface area (Å²) >= 11 is 0. The number of aromatic hydroxyl groups is 3. The minimum absolute atomic E-state index is 0.0305. The lowest BCUT2D eigenvalue weighted by atomic mass is 9.71. The smallest absolute Gasteiger partial charge is 0.507 e. The van der Waals surface area contributed by atoms with Crippen molar-refractivity contribution in [2.75, 3.05) is 0 Å². The van der Waals surface area contributed by atoms with E-state index in [0.29, 0.717) is 11.4 Å². The molecule has 4 heterocycles. The molecular weight excluding hydrogens is 611 g/mol. The van der Waals surface area contributed by atoms with Crippen molar-refractivity contribution in [3.05, 3.63) is 80.7 Å². The molecule has 2 aliphatic rings. The van der Waals surface area contributed by atoms with E-state index in [-0.39, 0.29) is 67.7 Å². The second-order valence-electron chi connectivity index (χ2n) is 11.1. The maximum Gasteiger partial charge on any atom is 0.573 e. The van der Waals surface area contributed by atoms with E-state index in [2.05, 4.69) is 19.8 Å². The molecule has 1 unspecified atom stereocenters. The van der Waals surface area contributed by atoms with Gasteiger partial charge in [0.25, 0.3) is 0 Å². The van der Waals surface area contributed by atoms with E-state index in [4.69, 9.17) is 4.74 Å². The third kappa shape index (κ3) is 3.90. The Kier molecular flexibility index (Phi) is 5.86. The lowest BCUT2D eigenvalue weighted by Gasteiger charge is -2.27. The fourth-order valence-corrected chi connectivity index (χ4v) is 6.02. The van der Waals surface area contributed by atoms with E-state index in [9.17, 15) is 38.1 Å². The molecule has 0 bridgehead atoms. The van der Waals surface area contributed by atoms with Gasteiger partial charge in [-0.15, -0.1) is 13.2 Å². The van der Waals surface area contributed by atoms with Crippen LogP contribution in [0.15, 0.2) is 47.0 Å². The molecule has 1 atom stereocenters. The monoisotopic (exact) mass is 633 g/mol. The molecule has 0 fully saturated rings. The number of aromatic nitrogens is 5. The van der Waals surface area contributed by atoms with E-state index < -0.39 is 34.9 Å². The predicted octanol–water partition coefficient (Wildman–Crippen LogP) is 4.70. The zero-order valence-corrected chi connectivity index (χ0v) is 24.4. The molecule has 234 valence electrons. The summed E-state index contributed by atoms with van der Waals surface area (Å²) in [6, 6.07) is 7.87. The van der Waals surface area contributed by atoms with Crippen LogP contribution in [0.2, 0.25) is 0 Å². The van der Waals surface area contributed by atoms with Crippen LogP contribution in [0, 0.1) is 13.8 Å². The molecule has 0 radical (unpaired) electrons. The number of hydrogen-bond donors (Lipinski definition) is 3. The zero-order chi connectivity index (χ0) is 33.0. The topological polar surface area (TPSA) is 162 Å². The first-order valence-electron chi connectivity index (χ1n) is 13.7. The number of alkyl halides is 3. The summed E-state index contributed by atoms with van der Waals surface area (Å²) in [5.41, 5.74) is -0.873. The number of ether oxygens (including phenoxy) is 2. The second kappa shape index (κ2) is 9.32. The summed E-state index contributed by atoms with van der Waals surface area (Å²) < 4.78 is 50.8. The van der Waals surface area contributed by atoms with Crippen LogP contribution in [0.25, 0.3) is 34.1 Å². The molecule has 1 aliphatic carbocycles. The summed E-state index contributed by atoms with van der Waals surface area (Å²) in [5.74, 6) is -2.15. The Labute approximate surface area is 256 Å². The highest BCUT2D eigenvalue weighted by Gasteiger charge is 2.55. The maximum absolute atomic E-state index is 14.4. The molecule has 3 aromatic heterocycles. The maximum atomic E-state index is 14.4. The second-order valence-corrected chi connectivity index (χ2v) is 11.1. The van der Waals surface area contributed by atoms with Gasteiger partial charge in [-0.05, 0) is 57.2 Å². The van der Waals surface area contributed by atoms with Crippen LogP contribution in [0.3, 0.4) is 0 Å². The van der Waals surface area contributed by atoms with Crippen LogP contribution in [0.1, 0.15) is 39.8 Å². The Bertz CT molecular complexity index is 2270. The van der Waals surface area contributed by atoms with Gasteiger partial charge in [0.05, 0.1) is 44.8 Å². The van der Waals surface area contributed by atoms with Crippen molar-refractivity contribution >= 4 is 22.9 Å². The number of pyridine rings is 1. The zero-order valence-electron chi connectivity index (χ0n) is 24.4. The lowest BCUT2D eigenvalue weighted by molar-refractivity contribution is -0.274. The molecule has 0 saturated heterocycles. The van der Waals surface area contributed by atoms with Crippen LogP contribution < -0.4 is 15.2 Å². The summed E-state index contributed by atoms with van der Waals surface area (Å²) in [7, 11) is 1.41. The Morgan fingerprint density at radius 2 is 1.65 bits per heavy atom. The van der Waals surface area contributed by atoms with E-state index in [0.717, 1.165) is 16.7 Å². The average molecular weight is 634 g/mol. The number of aryl methyl sites for hydroxylation is 2. The Hall–Kier alpha value is -5.86. The van der Waals surface area contributed by atoms with Crippen LogP contribution in [-0.4, -0.2) is 51.8 Å². The molecule has 1 aliphatic heterocycles. The summed E-state index contributed by atoms with van der Waals surface area (Å²) in [6.45, 7) is 4.63. The van der Waals surface area contributed by atoms with Gasteiger partial charge in [0.15, 0.2) is 5.78 Å². The first kappa shape index (κ1) is 28.9. The summed E-state index contributed by atoms with van der Waals surface area (Å²) in [4.78, 5) is 34.7. The summed E-state index contributed by atoms with van der Waals surface area (Å²) in [5, 5.41) is 37.5. The first-order valence-corrected chi connectivity index (χ1v) is 13.7. The van der Waals surface area contributed by atoms with Gasteiger partial charge in [0.1, 0.15) is 39.8 Å². The van der Waals surface area contributed by atoms with Crippen molar-refractivity contribution < 1.29 is 42.8 Å². The van der Waals surface area contributed by atoms with Crippen molar-refractivity contribution in [3.8, 4) is 45.8 Å². The molecule has 12 nitrogen and oxygen atoms in total. The number of carbonyl (C=O) groups is 1. The van der Waals surface area contributed by atoms with Gasteiger partial charge in [-0.1, -0.05) is 0 Å². The molecule has 0 amide bonds. The van der Waals surface area contributed by atoms with Crippen molar-refractivity contribution in [1.82, 2.24) is 24.3 Å². The van der Waals surface area contributed by atoms with Crippen LogP contribution in [0.5, 0.6) is 28.9 Å². The number of halogens is 3. The number of carbonyl (C=O) groups excluding carboxylic acids is 1. The number of allylic oxidation sites excluding steroid dienone is 1. The number of fused-ring (bicyclic) bond motifs is 5. The highest BCUT2D eigenvalue weighted by Crippen LogP contribution is 2.60. The fourth-order valence-electron chi connectivity index (χ4n) is 6.02. The number of ketones is 1. The minimum Gasteiger partial charge on any atom is -0.507 e. The van der Waals surface area contributed by atoms with Gasteiger partial charge >= 0.3 is 12.1 Å². The van der Waals surface area contributed by atoms with Gasteiger partial charge in [-0.25, -0.2) is 14.5 Å². The van der Waals surface area contributed by atoms with Gasteiger partial charge in [-0.2, -0.15) is 10.1 Å². The van der Waals surface area contributed by atoms with E-state index >= 15 is 0 Å². The molecule has 46 heavy (non-hydrogen) atoms. The van der Waals surface area contributed by atoms with Gasteiger partial charge < -0.3 is 24.8 Å². The molecule has 3 N–H and O–H groups in total. The van der Waals surface area contributed by atoms with Crippen molar-refractivity contribution in [2.24, 2.45) is 7.05 Å². The van der Waals surface area contributed by atoms with Gasteiger partial charge in [0.2, 0.25) is 5.88 Å². The largest absolute Gasteiger partial charge is 0.573 e. The van der Waals surface area contributed by atoms with Crippen molar-refractivity contribution in [2.45, 2.75) is 32.5 Å². The first-order chi connectivity index (χ1) is 21.6. The van der Waals surface area contributed by atoms with E-state index in [1.54, 1.807) is 19.9 Å². The molecule has 7 rings (SSSR count). The SMILES string of the molecule is Cc1nn(-c2ccc(OC(F)(F)F)cc2)c2c1C(=O)C1(C)C(=C2)Oc2c(-c3ccc4c(O)nc(=O)n(C)c4n3)c(O)c(C)c(O)c21. The Balaban J connectivity index is 1.41. The third-order valence-corrected chi connectivity index (χ3v) is 8.38. The van der Waals surface area contributed by atoms with Crippen LogP contribution in [-0.2, 0) is 12.5 Å². The molecule has 0 spiro atoms. The number of rotatable bonds is 3. The van der Waals surface area contributed by atoms with Gasteiger partial charge in [0, 0.05) is 18.7 Å². The van der Waals surface area contributed by atoms with Crippen LogP contribution in [0.4, 0.5) is 13.2 Å². The normalized spacial score (nSPS) is 16.9. The molecular formula is C31H22F3N5O7. The van der Waals surface area contributed by atoms with Gasteiger partial charge in [-0.3, -0.25) is 9.36 Å². The molecule has 15 heteroatoms. The highest BCUT2D eigenvalue weighted by molar-refractivity contribution is 6.14. The molecule has 5 aromatic rings. The number of hydrogen-bond acceptors (Lipinski definition) is 10. The highest BCUT2D eigenvalue weighted by atomic mass is 19.4. The van der Waals surface area contributed by atoms with E-state index in [1.165, 1.54) is 42.9 Å². The predicted molar refractivity (Wildman–Crippen MR) is 155 cm³/mol. The standard InChI is InChI=1S/C31H22F3N5O7/c1-12-23(40)21(17-10-9-16-27(35-17)38(4)29(44)36-28(16)43)25-22(24(12)41)30(3)19(45-25)11-18-20(26(30)42)13(2)37-39(18)14-5-7-15(8-6-14)46-31(32,33)34/h5-11,40-41H,1-4H3,(H,36,43,44). The molecule has 0 saturated carbocycles. The fraction of sp³-hybridized carbons (Fsp3) is 0.194. The Morgan fingerprint density at radius 1 is 0.957 bits per heavy atom. The minimum atomic E-state index is -4.87. The number of phenols is 2. The lowest BCUT2D eigenvalue weighted by Crippen LogP contribution is -2.36. The van der Waals surface area contributed by atoms with Crippen LogP contribution >= 0.6 is 0 Å². The molecule has 2 aromatic carbocycles. The van der Waals surface area contributed by atoms with Crippen molar-refractivity contribution in [1.29, 1.82) is 0 Å². The number of benzene rings is 2. The van der Waals surface area contributed by atoms with E-state index in [1.807, 2.05) is 0 Å². The number of nitrogens with zero attached hydrogens (tertiary/aromatic N) is 5. The summed E-state index contributed by atoms with van der Waals surface area (Å²) in [6.07, 6.45) is -3.32. The number of Topliss-reactive ketones (excluding diaryl/α,β-unsaturated/α-hetero) is 1. The van der Waals surface area contributed by atoms with Crippen molar-refractivity contribution in [3.63, 3.8) is 0 Å².